The molecule has 0 spiro atoms. The zero-order valence-corrected chi connectivity index (χ0v) is 13.1. The number of rotatable bonds is 6. The van der Waals surface area contributed by atoms with Crippen LogP contribution >= 0.6 is 0 Å². The number of hydrogen-bond donors (Lipinski definition) is 1. The third-order valence-electron chi connectivity index (χ3n) is 4.37. The Morgan fingerprint density at radius 3 is 2.65 bits per heavy atom. The average Bonchev–Trinajstić information content (AvgIpc) is 2.75. The molecule has 2 unspecified atom stereocenters. The highest BCUT2D eigenvalue weighted by atomic mass is 16.3. The number of hydrogen-bond acceptors (Lipinski definition) is 2. The minimum absolute atomic E-state index is 0.261. The van der Waals surface area contributed by atoms with Gasteiger partial charge in [-0.3, -0.25) is 0 Å². The minimum atomic E-state index is -0.707. The number of para-hydroxylation sites is 2. The van der Waals surface area contributed by atoms with E-state index in [1.165, 1.54) is 5.52 Å². The summed E-state index contributed by atoms with van der Waals surface area (Å²) in [7, 11) is 0. The second-order valence-electron chi connectivity index (χ2n) is 6.01. The number of aryl methyl sites for hydroxylation is 1. The van der Waals surface area contributed by atoms with E-state index in [0.717, 1.165) is 30.7 Å². The van der Waals surface area contributed by atoms with Crippen LogP contribution in [0.2, 0.25) is 0 Å². The molecule has 0 saturated heterocycles. The number of benzene rings is 1. The van der Waals surface area contributed by atoms with Crippen molar-refractivity contribution < 1.29 is 5.11 Å². The van der Waals surface area contributed by atoms with Gasteiger partial charge in [0.25, 0.3) is 0 Å². The number of aliphatic hydroxyl groups is 1. The standard InChI is InChI=1S/C17H26N2O/c1-5-11-19-15-10-8-7-9-14(15)18-16(19)12-17(4,20)13(3)6-2/h7-10,13,20H,5-6,11-12H2,1-4H3. The monoisotopic (exact) mass is 274 g/mol. The molecule has 2 atom stereocenters. The number of nitrogens with zero attached hydrogens (tertiary/aromatic N) is 2. The van der Waals surface area contributed by atoms with Gasteiger partial charge < -0.3 is 9.67 Å². The van der Waals surface area contributed by atoms with E-state index in [9.17, 15) is 5.11 Å². The van der Waals surface area contributed by atoms with Gasteiger partial charge in [-0.1, -0.05) is 39.3 Å². The summed E-state index contributed by atoms with van der Waals surface area (Å²) in [5, 5.41) is 10.7. The van der Waals surface area contributed by atoms with Gasteiger partial charge in [0, 0.05) is 13.0 Å². The molecule has 0 aliphatic heterocycles. The molecule has 1 N–H and O–H groups in total. The van der Waals surface area contributed by atoms with Gasteiger partial charge in [0.05, 0.1) is 16.6 Å². The van der Waals surface area contributed by atoms with Crippen LogP contribution in [0, 0.1) is 5.92 Å². The topological polar surface area (TPSA) is 38.0 Å². The van der Waals surface area contributed by atoms with Crippen LogP contribution in [-0.2, 0) is 13.0 Å². The molecule has 110 valence electrons. The molecule has 0 saturated carbocycles. The Morgan fingerprint density at radius 2 is 2.00 bits per heavy atom. The first-order valence-corrected chi connectivity index (χ1v) is 7.66. The zero-order chi connectivity index (χ0) is 14.8. The molecule has 20 heavy (non-hydrogen) atoms. The Balaban J connectivity index is 2.40. The molecule has 0 fully saturated rings. The van der Waals surface area contributed by atoms with Crippen LogP contribution in [-0.4, -0.2) is 20.3 Å². The highest BCUT2D eigenvalue weighted by Crippen LogP contribution is 2.26. The molecule has 3 heteroatoms. The third-order valence-corrected chi connectivity index (χ3v) is 4.37. The predicted molar refractivity (Wildman–Crippen MR) is 83.8 cm³/mol. The summed E-state index contributed by atoms with van der Waals surface area (Å²) in [6, 6.07) is 8.22. The smallest absolute Gasteiger partial charge is 0.112 e. The van der Waals surface area contributed by atoms with Gasteiger partial charge in [-0.25, -0.2) is 4.98 Å². The Kier molecular flexibility index (Phi) is 4.48. The molecule has 2 rings (SSSR count). The largest absolute Gasteiger partial charge is 0.389 e. The van der Waals surface area contributed by atoms with Crippen molar-refractivity contribution >= 4 is 11.0 Å². The van der Waals surface area contributed by atoms with Crippen LogP contribution in [0.5, 0.6) is 0 Å². The Labute approximate surface area is 121 Å². The lowest BCUT2D eigenvalue weighted by atomic mass is 9.85. The molecular weight excluding hydrogens is 248 g/mol. The maximum atomic E-state index is 10.7. The number of fused-ring (bicyclic) bond motifs is 1. The van der Waals surface area contributed by atoms with E-state index in [2.05, 4.69) is 31.4 Å². The van der Waals surface area contributed by atoms with Crippen molar-refractivity contribution in [1.82, 2.24) is 9.55 Å². The summed E-state index contributed by atoms with van der Waals surface area (Å²) in [4.78, 5) is 4.74. The summed E-state index contributed by atoms with van der Waals surface area (Å²) in [6.45, 7) is 9.27. The quantitative estimate of drug-likeness (QED) is 0.870. The van der Waals surface area contributed by atoms with Gasteiger partial charge >= 0.3 is 0 Å². The molecule has 1 heterocycles. The van der Waals surface area contributed by atoms with Crippen LogP contribution in [0.3, 0.4) is 0 Å². The summed E-state index contributed by atoms with van der Waals surface area (Å²) < 4.78 is 2.26. The summed E-state index contributed by atoms with van der Waals surface area (Å²) in [5.41, 5.74) is 1.49. The van der Waals surface area contributed by atoms with Crippen molar-refractivity contribution in [2.75, 3.05) is 0 Å². The fraction of sp³-hybridized carbons (Fsp3) is 0.588. The van der Waals surface area contributed by atoms with Gasteiger partial charge in [0.2, 0.25) is 0 Å². The number of imidazole rings is 1. The van der Waals surface area contributed by atoms with E-state index in [4.69, 9.17) is 4.98 Å². The Hall–Kier alpha value is -1.35. The third kappa shape index (κ3) is 2.88. The van der Waals surface area contributed by atoms with Crippen molar-refractivity contribution in [2.24, 2.45) is 5.92 Å². The zero-order valence-electron chi connectivity index (χ0n) is 13.1. The van der Waals surface area contributed by atoms with Crippen LogP contribution in [0.1, 0.15) is 46.4 Å². The molecule has 1 aromatic carbocycles. The molecule has 0 bridgehead atoms. The molecule has 3 nitrogen and oxygen atoms in total. The van der Waals surface area contributed by atoms with Crippen LogP contribution in [0.4, 0.5) is 0 Å². The SMILES string of the molecule is CCCn1c(CC(C)(O)C(C)CC)nc2ccccc21. The van der Waals surface area contributed by atoms with Crippen molar-refractivity contribution in [1.29, 1.82) is 0 Å². The summed E-state index contributed by atoms with van der Waals surface area (Å²) >= 11 is 0. The maximum absolute atomic E-state index is 10.7. The lowest BCUT2D eigenvalue weighted by Crippen LogP contribution is -2.36. The molecule has 0 aliphatic carbocycles. The van der Waals surface area contributed by atoms with E-state index >= 15 is 0 Å². The second kappa shape index (κ2) is 5.96. The van der Waals surface area contributed by atoms with E-state index in [1.54, 1.807) is 0 Å². The van der Waals surface area contributed by atoms with Crippen molar-refractivity contribution in [3.8, 4) is 0 Å². The molecule has 0 radical (unpaired) electrons. The van der Waals surface area contributed by atoms with Gasteiger partial charge in [-0.05, 0) is 31.4 Å². The normalized spacial score (nSPS) is 16.2. The lowest BCUT2D eigenvalue weighted by molar-refractivity contribution is 0.00283. The highest BCUT2D eigenvalue weighted by molar-refractivity contribution is 5.75. The molecule has 1 aromatic heterocycles. The van der Waals surface area contributed by atoms with Crippen molar-refractivity contribution in [2.45, 2.75) is 59.1 Å². The highest BCUT2D eigenvalue weighted by Gasteiger charge is 2.29. The first kappa shape index (κ1) is 15.0. The van der Waals surface area contributed by atoms with Gasteiger partial charge in [-0.15, -0.1) is 0 Å². The Morgan fingerprint density at radius 1 is 1.30 bits per heavy atom. The first-order chi connectivity index (χ1) is 9.49. The fourth-order valence-electron chi connectivity index (χ4n) is 2.67. The van der Waals surface area contributed by atoms with Crippen molar-refractivity contribution in [3.05, 3.63) is 30.1 Å². The predicted octanol–water partition coefficient (Wildman–Crippen LogP) is 3.79. The van der Waals surface area contributed by atoms with E-state index in [0.29, 0.717) is 6.42 Å². The second-order valence-corrected chi connectivity index (χ2v) is 6.01. The van der Waals surface area contributed by atoms with Crippen LogP contribution in [0.15, 0.2) is 24.3 Å². The first-order valence-electron chi connectivity index (χ1n) is 7.66. The van der Waals surface area contributed by atoms with E-state index in [-0.39, 0.29) is 5.92 Å². The van der Waals surface area contributed by atoms with Crippen molar-refractivity contribution in [3.63, 3.8) is 0 Å². The molecule has 0 amide bonds. The summed E-state index contributed by atoms with van der Waals surface area (Å²) in [6.07, 6.45) is 2.65. The van der Waals surface area contributed by atoms with Crippen LogP contribution in [0.25, 0.3) is 11.0 Å². The molecule has 2 aromatic rings. The lowest BCUT2D eigenvalue weighted by Gasteiger charge is -2.29. The summed E-state index contributed by atoms with van der Waals surface area (Å²) in [5.74, 6) is 1.26. The van der Waals surface area contributed by atoms with Gasteiger partial charge in [0.1, 0.15) is 5.82 Å². The van der Waals surface area contributed by atoms with Gasteiger partial charge in [-0.2, -0.15) is 0 Å². The molecule has 0 aliphatic rings. The fourth-order valence-corrected chi connectivity index (χ4v) is 2.67. The molecular formula is C17H26N2O. The minimum Gasteiger partial charge on any atom is -0.389 e. The van der Waals surface area contributed by atoms with Crippen LogP contribution < -0.4 is 0 Å². The van der Waals surface area contributed by atoms with E-state index < -0.39 is 5.60 Å². The van der Waals surface area contributed by atoms with Gasteiger partial charge in [0.15, 0.2) is 0 Å². The Bertz CT molecular complexity index is 571. The average molecular weight is 274 g/mol. The maximum Gasteiger partial charge on any atom is 0.112 e. The number of aromatic nitrogens is 2. The van der Waals surface area contributed by atoms with E-state index in [1.807, 2.05) is 25.1 Å².